The number of benzene rings is 1. The van der Waals surface area contributed by atoms with Gasteiger partial charge in [-0.2, -0.15) is 0 Å². The molecule has 16 heavy (non-hydrogen) atoms. The Morgan fingerprint density at radius 1 is 1.38 bits per heavy atom. The topological polar surface area (TPSA) is 73.8 Å². The zero-order valence-corrected chi connectivity index (χ0v) is 9.65. The molecular formula is C10H11N4OP. The van der Waals surface area contributed by atoms with Gasteiger partial charge in [-0.15, -0.1) is 5.10 Å². The lowest BCUT2D eigenvalue weighted by Crippen LogP contribution is -2.13. The van der Waals surface area contributed by atoms with E-state index in [0.717, 1.165) is 5.56 Å². The standard InChI is InChI=1S/C10H11N4OP/c11-9(15)10-12-8(14(16)13-10)6-7-4-2-1-3-5-7/h1-5H,6,16H2,(H2,11,15). The molecule has 1 amide bonds. The summed E-state index contributed by atoms with van der Waals surface area (Å²) in [6, 6.07) is 9.83. The van der Waals surface area contributed by atoms with Crippen LogP contribution in [0.2, 0.25) is 0 Å². The number of amides is 1. The summed E-state index contributed by atoms with van der Waals surface area (Å²) in [6.07, 6.45) is 0.616. The molecule has 2 rings (SSSR count). The van der Waals surface area contributed by atoms with E-state index in [2.05, 4.69) is 19.5 Å². The Morgan fingerprint density at radius 2 is 2.06 bits per heavy atom. The third kappa shape index (κ3) is 2.25. The lowest BCUT2D eigenvalue weighted by atomic mass is 10.1. The van der Waals surface area contributed by atoms with Crippen LogP contribution in [0.3, 0.4) is 0 Å². The van der Waals surface area contributed by atoms with Crippen molar-refractivity contribution in [1.29, 1.82) is 0 Å². The first-order chi connectivity index (χ1) is 7.66. The lowest BCUT2D eigenvalue weighted by molar-refractivity contribution is 0.0990. The molecule has 0 saturated heterocycles. The van der Waals surface area contributed by atoms with Crippen LogP contribution >= 0.6 is 9.39 Å². The van der Waals surface area contributed by atoms with Gasteiger partial charge in [0.15, 0.2) is 0 Å². The zero-order valence-electron chi connectivity index (χ0n) is 8.50. The van der Waals surface area contributed by atoms with Gasteiger partial charge in [-0.05, 0) is 15.0 Å². The van der Waals surface area contributed by atoms with E-state index in [1.807, 2.05) is 30.3 Å². The van der Waals surface area contributed by atoms with Gasteiger partial charge >= 0.3 is 0 Å². The number of nitrogens with two attached hydrogens (primary N) is 1. The van der Waals surface area contributed by atoms with E-state index in [4.69, 9.17) is 5.73 Å². The molecule has 1 aromatic heterocycles. The fraction of sp³-hybridized carbons (Fsp3) is 0.100. The second-order valence-corrected chi connectivity index (χ2v) is 3.81. The highest BCUT2D eigenvalue weighted by molar-refractivity contribution is 7.14. The average molecular weight is 234 g/mol. The lowest BCUT2D eigenvalue weighted by Gasteiger charge is -1.99. The Labute approximate surface area is 94.9 Å². The van der Waals surface area contributed by atoms with Gasteiger partial charge in [0.2, 0.25) is 5.82 Å². The molecule has 1 unspecified atom stereocenters. The van der Waals surface area contributed by atoms with Crippen molar-refractivity contribution in [1.82, 2.24) is 14.5 Å². The van der Waals surface area contributed by atoms with Crippen molar-refractivity contribution in [3.05, 3.63) is 47.5 Å². The van der Waals surface area contributed by atoms with Gasteiger partial charge < -0.3 is 5.73 Å². The SMILES string of the molecule is NC(=O)c1nc(Cc2ccccc2)n(P)n1. The third-order valence-corrected chi connectivity index (χ3v) is 2.54. The van der Waals surface area contributed by atoms with E-state index < -0.39 is 5.91 Å². The molecular weight excluding hydrogens is 223 g/mol. The van der Waals surface area contributed by atoms with Crippen LogP contribution in [-0.2, 0) is 6.42 Å². The minimum atomic E-state index is -0.615. The Morgan fingerprint density at radius 3 is 2.62 bits per heavy atom. The van der Waals surface area contributed by atoms with Gasteiger partial charge in [0.1, 0.15) is 5.82 Å². The monoisotopic (exact) mass is 234 g/mol. The van der Waals surface area contributed by atoms with Crippen LogP contribution in [0, 0.1) is 0 Å². The molecule has 5 nitrogen and oxygen atoms in total. The highest BCUT2D eigenvalue weighted by Gasteiger charge is 2.11. The summed E-state index contributed by atoms with van der Waals surface area (Å²) in [6.45, 7) is 0. The summed E-state index contributed by atoms with van der Waals surface area (Å²) >= 11 is 0. The number of hydrogen-bond donors (Lipinski definition) is 1. The molecule has 0 aliphatic carbocycles. The molecule has 0 aliphatic rings. The molecule has 2 N–H and O–H groups in total. The first-order valence-electron chi connectivity index (χ1n) is 4.71. The van der Waals surface area contributed by atoms with E-state index in [9.17, 15) is 4.79 Å². The Kier molecular flexibility index (Phi) is 2.97. The normalized spacial score (nSPS) is 10.3. The molecule has 1 atom stereocenters. The van der Waals surface area contributed by atoms with Crippen molar-refractivity contribution in [2.45, 2.75) is 6.42 Å². The Hall–Kier alpha value is -1.74. The third-order valence-electron chi connectivity index (χ3n) is 2.13. The molecule has 0 radical (unpaired) electrons. The van der Waals surface area contributed by atoms with Gasteiger partial charge in [-0.25, -0.2) is 9.44 Å². The minimum Gasteiger partial charge on any atom is -0.363 e. The smallest absolute Gasteiger partial charge is 0.288 e. The maximum Gasteiger partial charge on any atom is 0.288 e. The summed E-state index contributed by atoms with van der Waals surface area (Å²) < 4.78 is 1.49. The highest BCUT2D eigenvalue weighted by atomic mass is 31.0. The molecule has 0 spiro atoms. The first kappa shape index (κ1) is 10.8. The maximum atomic E-state index is 10.9. The van der Waals surface area contributed by atoms with Crippen molar-refractivity contribution < 1.29 is 4.79 Å². The summed E-state index contributed by atoms with van der Waals surface area (Å²) in [5.41, 5.74) is 6.21. The summed E-state index contributed by atoms with van der Waals surface area (Å²) in [5, 5.41) is 3.90. The van der Waals surface area contributed by atoms with E-state index >= 15 is 0 Å². The molecule has 1 aromatic carbocycles. The number of carbonyl (C=O) groups is 1. The molecule has 82 valence electrons. The second-order valence-electron chi connectivity index (χ2n) is 3.32. The van der Waals surface area contributed by atoms with Gasteiger partial charge in [0, 0.05) is 6.42 Å². The number of carbonyl (C=O) groups excluding carboxylic acids is 1. The summed E-state index contributed by atoms with van der Waals surface area (Å²) in [4.78, 5) is 15.0. The highest BCUT2D eigenvalue weighted by Crippen LogP contribution is 2.09. The van der Waals surface area contributed by atoms with Gasteiger partial charge in [0.05, 0.1) is 0 Å². The van der Waals surface area contributed by atoms with Crippen LogP contribution in [0.15, 0.2) is 30.3 Å². The fourth-order valence-corrected chi connectivity index (χ4v) is 1.62. The van der Waals surface area contributed by atoms with E-state index in [-0.39, 0.29) is 5.82 Å². The minimum absolute atomic E-state index is 0.0425. The second kappa shape index (κ2) is 4.41. The number of aromatic nitrogens is 3. The van der Waals surface area contributed by atoms with Crippen molar-refractivity contribution in [2.24, 2.45) is 5.73 Å². The fourth-order valence-electron chi connectivity index (χ4n) is 1.36. The number of rotatable bonds is 3. The molecule has 1 heterocycles. The largest absolute Gasteiger partial charge is 0.363 e. The molecule has 6 heteroatoms. The van der Waals surface area contributed by atoms with Crippen molar-refractivity contribution in [3.8, 4) is 0 Å². The molecule has 0 aliphatic heterocycles. The van der Waals surface area contributed by atoms with E-state index in [0.29, 0.717) is 12.2 Å². The average Bonchev–Trinajstić information content (AvgIpc) is 2.62. The summed E-state index contributed by atoms with van der Waals surface area (Å²) in [7, 11) is 2.38. The van der Waals surface area contributed by atoms with E-state index in [1.54, 1.807) is 0 Å². The molecule has 0 bridgehead atoms. The van der Waals surface area contributed by atoms with Crippen LogP contribution in [-0.4, -0.2) is 20.4 Å². The molecule has 2 aromatic rings. The van der Waals surface area contributed by atoms with Crippen LogP contribution in [0.5, 0.6) is 0 Å². The first-order valence-corrected chi connectivity index (χ1v) is 5.23. The maximum absolute atomic E-state index is 10.9. The number of nitrogens with zero attached hydrogens (tertiary/aromatic N) is 3. The van der Waals surface area contributed by atoms with Crippen LogP contribution in [0.1, 0.15) is 22.0 Å². The molecule has 0 fully saturated rings. The predicted molar refractivity (Wildman–Crippen MR) is 62.9 cm³/mol. The quantitative estimate of drug-likeness (QED) is 0.790. The van der Waals surface area contributed by atoms with Crippen LogP contribution < -0.4 is 5.73 Å². The number of primary amides is 1. The predicted octanol–water partition coefficient (Wildman–Crippen LogP) is 0.606. The number of hydrogen-bond acceptors (Lipinski definition) is 3. The summed E-state index contributed by atoms with van der Waals surface area (Å²) in [5.74, 6) is 0.112. The van der Waals surface area contributed by atoms with Crippen molar-refractivity contribution in [2.75, 3.05) is 0 Å². The van der Waals surface area contributed by atoms with Crippen molar-refractivity contribution in [3.63, 3.8) is 0 Å². The van der Waals surface area contributed by atoms with Crippen LogP contribution in [0.4, 0.5) is 0 Å². The molecule has 0 saturated carbocycles. The van der Waals surface area contributed by atoms with Gasteiger partial charge in [-0.3, -0.25) is 4.79 Å². The van der Waals surface area contributed by atoms with Gasteiger partial charge in [0.25, 0.3) is 5.91 Å². The Balaban J connectivity index is 2.25. The van der Waals surface area contributed by atoms with Gasteiger partial charge in [-0.1, -0.05) is 30.3 Å². The Bertz CT molecular complexity index is 509. The van der Waals surface area contributed by atoms with Crippen LogP contribution in [0.25, 0.3) is 0 Å². The van der Waals surface area contributed by atoms with Crippen molar-refractivity contribution >= 4 is 15.3 Å². The van der Waals surface area contributed by atoms with E-state index in [1.165, 1.54) is 4.45 Å². The zero-order chi connectivity index (χ0) is 11.5.